The minimum Gasteiger partial charge on any atom is -0.465 e. The van der Waals surface area contributed by atoms with Gasteiger partial charge in [0, 0.05) is 12.1 Å². The van der Waals surface area contributed by atoms with E-state index in [9.17, 15) is 9.59 Å². The molecule has 1 N–H and O–H groups in total. The van der Waals surface area contributed by atoms with Crippen molar-refractivity contribution in [3.63, 3.8) is 0 Å². The summed E-state index contributed by atoms with van der Waals surface area (Å²) in [6, 6.07) is 16.6. The zero-order chi connectivity index (χ0) is 17.6. The molecule has 1 heterocycles. The van der Waals surface area contributed by atoms with Crippen LogP contribution in [0.4, 0.5) is 5.69 Å². The number of carbonyl (C=O) groups excluding carboxylic acids is 2. The van der Waals surface area contributed by atoms with Gasteiger partial charge in [0.1, 0.15) is 0 Å². The van der Waals surface area contributed by atoms with Gasteiger partial charge in [0.05, 0.1) is 25.8 Å². The number of anilines is 1. The van der Waals surface area contributed by atoms with Gasteiger partial charge in [0.15, 0.2) is 0 Å². The Morgan fingerprint density at radius 1 is 1.16 bits per heavy atom. The number of amides is 1. The van der Waals surface area contributed by atoms with Crippen LogP contribution in [0, 0.1) is 0 Å². The molecule has 0 saturated heterocycles. The van der Waals surface area contributed by atoms with E-state index >= 15 is 0 Å². The number of methoxy groups -OCH3 is 1. The quantitative estimate of drug-likeness (QED) is 0.871. The van der Waals surface area contributed by atoms with Gasteiger partial charge in [-0.05, 0) is 29.8 Å². The number of hydrogen-bond donors (Lipinski definition) is 1. The van der Waals surface area contributed by atoms with Crippen LogP contribution < -0.4 is 5.32 Å². The third-order valence-electron chi connectivity index (χ3n) is 3.89. The Hall–Kier alpha value is -3.15. The van der Waals surface area contributed by atoms with E-state index in [2.05, 4.69) is 15.0 Å². The van der Waals surface area contributed by atoms with E-state index in [4.69, 9.17) is 0 Å². The second kappa shape index (κ2) is 7.61. The topological polar surface area (TPSA) is 71.0 Å². The van der Waals surface area contributed by atoms with Crippen LogP contribution in [0.5, 0.6) is 0 Å². The van der Waals surface area contributed by atoms with Crippen molar-refractivity contribution in [2.75, 3.05) is 19.0 Å². The van der Waals surface area contributed by atoms with Crippen molar-refractivity contribution >= 4 is 23.5 Å². The number of nitrogens with one attached hydrogen (secondary N) is 1. The molecule has 0 bridgehead atoms. The molecule has 0 radical (unpaired) electrons. The lowest BCUT2D eigenvalue weighted by Gasteiger charge is -2.28. The smallest absolute Gasteiger partial charge is 0.337 e. The average molecular weight is 337 g/mol. The minimum atomic E-state index is -0.387. The van der Waals surface area contributed by atoms with Crippen LogP contribution in [0.15, 0.2) is 59.6 Å². The second-order valence-corrected chi connectivity index (χ2v) is 5.61. The SMILES string of the molecule is COC(=O)c1ccc(NC2=NCCC(=O)N2Cc2ccccc2)cc1. The standard InChI is InChI=1S/C19H19N3O3/c1-25-18(24)15-7-9-16(10-8-15)21-19-20-12-11-17(23)22(19)13-14-5-3-2-4-6-14/h2-10H,11-13H2,1H3,(H,20,21). The number of carbonyl (C=O) groups is 2. The van der Waals surface area contributed by atoms with Crippen LogP contribution in [0.25, 0.3) is 0 Å². The number of nitrogens with zero attached hydrogens (tertiary/aromatic N) is 2. The van der Waals surface area contributed by atoms with Gasteiger partial charge in [-0.15, -0.1) is 0 Å². The molecule has 25 heavy (non-hydrogen) atoms. The summed E-state index contributed by atoms with van der Waals surface area (Å²) in [6.07, 6.45) is 0.402. The lowest BCUT2D eigenvalue weighted by molar-refractivity contribution is -0.128. The van der Waals surface area contributed by atoms with E-state index in [1.807, 2.05) is 30.3 Å². The molecular weight excluding hydrogens is 318 g/mol. The number of esters is 1. The summed E-state index contributed by atoms with van der Waals surface area (Å²) in [5.74, 6) is 0.167. The van der Waals surface area contributed by atoms with E-state index in [1.165, 1.54) is 7.11 Å². The molecular formula is C19H19N3O3. The maximum atomic E-state index is 12.3. The van der Waals surface area contributed by atoms with E-state index < -0.39 is 0 Å². The molecule has 1 amide bonds. The number of benzene rings is 2. The first-order valence-electron chi connectivity index (χ1n) is 8.01. The lowest BCUT2D eigenvalue weighted by Crippen LogP contribution is -2.43. The van der Waals surface area contributed by atoms with Crippen LogP contribution in [-0.4, -0.2) is 36.4 Å². The molecule has 1 aliphatic heterocycles. The van der Waals surface area contributed by atoms with E-state index in [-0.39, 0.29) is 11.9 Å². The van der Waals surface area contributed by atoms with Gasteiger partial charge in [-0.25, -0.2) is 4.79 Å². The van der Waals surface area contributed by atoms with E-state index in [0.29, 0.717) is 31.0 Å². The molecule has 1 aliphatic rings. The fourth-order valence-corrected chi connectivity index (χ4v) is 2.57. The Balaban J connectivity index is 1.76. The average Bonchev–Trinajstić information content (AvgIpc) is 2.65. The van der Waals surface area contributed by atoms with Crippen molar-refractivity contribution in [1.29, 1.82) is 0 Å². The van der Waals surface area contributed by atoms with Gasteiger partial charge in [0.2, 0.25) is 11.9 Å². The van der Waals surface area contributed by atoms with Gasteiger partial charge < -0.3 is 10.1 Å². The molecule has 0 aromatic heterocycles. The van der Waals surface area contributed by atoms with Crippen LogP contribution in [0.3, 0.4) is 0 Å². The Morgan fingerprint density at radius 2 is 1.88 bits per heavy atom. The van der Waals surface area contributed by atoms with Crippen molar-refractivity contribution in [2.45, 2.75) is 13.0 Å². The predicted molar refractivity (Wildman–Crippen MR) is 95.3 cm³/mol. The molecule has 2 aromatic rings. The normalized spacial score (nSPS) is 14.0. The van der Waals surface area contributed by atoms with E-state index in [1.54, 1.807) is 29.2 Å². The minimum absolute atomic E-state index is 0.0348. The van der Waals surface area contributed by atoms with Crippen molar-refractivity contribution < 1.29 is 14.3 Å². The highest BCUT2D eigenvalue weighted by molar-refractivity contribution is 6.05. The largest absolute Gasteiger partial charge is 0.465 e. The number of hydrogen-bond acceptors (Lipinski definition) is 5. The first-order chi connectivity index (χ1) is 12.2. The highest BCUT2D eigenvalue weighted by atomic mass is 16.5. The molecule has 0 unspecified atom stereocenters. The fraction of sp³-hybridized carbons (Fsp3) is 0.211. The third kappa shape index (κ3) is 4.03. The lowest BCUT2D eigenvalue weighted by atomic mass is 10.2. The first kappa shape index (κ1) is 16.7. The van der Waals surface area contributed by atoms with E-state index in [0.717, 1.165) is 11.3 Å². The summed E-state index contributed by atoms with van der Waals surface area (Å²) in [5, 5.41) is 3.17. The summed E-state index contributed by atoms with van der Waals surface area (Å²) in [5.41, 5.74) is 2.25. The van der Waals surface area contributed by atoms with Crippen molar-refractivity contribution in [3.8, 4) is 0 Å². The Morgan fingerprint density at radius 3 is 2.56 bits per heavy atom. The molecule has 0 aliphatic carbocycles. The summed E-state index contributed by atoms with van der Waals surface area (Å²) in [4.78, 5) is 29.9. The molecule has 3 rings (SSSR count). The zero-order valence-electron chi connectivity index (χ0n) is 13.9. The van der Waals surface area contributed by atoms with Crippen LogP contribution in [0.2, 0.25) is 0 Å². The molecule has 6 heteroatoms. The number of guanidine groups is 1. The summed E-state index contributed by atoms with van der Waals surface area (Å²) in [7, 11) is 1.35. The summed E-state index contributed by atoms with van der Waals surface area (Å²) in [6.45, 7) is 0.929. The van der Waals surface area contributed by atoms with Crippen LogP contribution >= 0.6 is 0 Å². The van der Waals surface area contributed by atoms with Gasteiger partial charge in [-0.1, -0.05) is 30.3 Å². The molecule has 0 fully saturated rings. The van der Waals surface area contributed by atoms with Gasteiger partial charge >= 0.3 is 5.97 Å². The maximum absolute atomic E-state index is 12.3. The molecule has 0 spiro atoms. The summed E-state index contributed by atoms with van der Waals surface area (Å²) < 4.78 is 4.69. The van der Waals surface area contributed by atoms with Crippen LogP contribution in [0.1, 0.15) is 22.3 Å². The van der Waals surface area contributed by atoms with Gasteiger partial charge in [0.25, 0.3) is 0 Å². The van der Waals surface area contributed by atoms with Crippen LogP contribution in [-0.2, 0) is 16.1 Å². The maximum Gasteiger partial charge on any atom is 0.337 e. The number of ether oxygens (including phenoxy) is 1. The predicted octanol–water partition coefficient (Wildman–Crippen LogP) is 2.67. The zero-order valence-corrected chi connectivity index (χ0v) is 13.9. The second-order valence-electron chi connectivity index (χ2n) is 5.61. The molecule has 0 saturated carbocycles. The molecule has 2 aromatic carbocycles. The van der Waals surface area contributed by atoms with Gasteiger partial charge in [-0.3, -0.25) is 14.7 Å². The Kier molecular flexibility index (Phi) is 5.09. The van der Waals surface area contributed by atoms with Crippen molar-refractivity contribution in [1.82, 2.24) is 4.90 Å². The number of aliphatic imine (C=N–C) groups is 1. The summed E-state index contributed by atoms with van der Waals surface area (Å²) >= 11 is 0. The molecule has 128 valence electrons. The molecule has 6 nitrogen and oxygen atoms in total. The Bertz CT molecular complexity index is 785. The van der Waals surface area contributed by atoms with Gasteiger partial charge in [-0.2, -0.15) is 0 Å². The monoisotopic (exact) mass is 337 g/mol. The highest BCUT2D eigenvalue weighted by Gasteiger charge is 2.23. The Labute approximate surface area is 146 Å². The fourth-order valence-electron chi connectivity index (χ4n) is 2.57. The third-order valence-corrected chi connectivity index (χ3v) is 3.89. The first-order valence-corrected chi connectivity index (χ1v) is 8.01. The highest BCUT2D eigenvalue weighted by Crippen LogP contribution is 2.15. The van der Waals surface area contributed by atoms with Crippen molar-refractivity contribution in [2.24, 2.45) is 4.99 Å². The number of rotatable bonds is 4. The van der Waals surface area contributed by atoms with Crippen molar-refractivity contribution in [3.05, 3.63) is 65.7 Å². The molecule has 0 atom stereocenters.